The van der Waals surface area contributed by atoms with Crippen LogP contribution in [-0.4, -0.2) is 4.57 Å². The van der Waals surface area contributed by atoms with Crippen molar-refractivity contribution < 1.29 is 4.42 Å². The van der Waals surface area contributed by atoms with Gasteiger partial charge < -0.3 is 13.9 Å². The first-order chi connectivity index (χ1) is 28.8. The molecule has 0 spiro atoms. The van der Waals surface area contributed by atoms with Crippen LogP contribution in [0.4, 0.5) is 17.1 Å². The van der Waals surface area contributed by atoms with Crippen LogP contribution in [-0.2, 0) is 0 Å². The quantitative estimate of drug-likeness (QED) is 0.168. The Labute approximate surface area is 338 Å². The van der Waals surface area contributed by atoms with Crippen molar-refractivity contribution in [1.29, 1.82) is 0 Å². The van der Waals surface area contributed by atoms with Crippen LogP contribution in [0, 0.1) is 0 Å². The van der Waals surface area contributed by atoms with Crippen LogP contribution in [0.3, 0.4) is 0 Å². The average molecular weight is 759 g/mol. The molecule has 12 rings (SSSR count). The first-order valence-electron chi connectivity index (χ1n) is 19.7. The molecule has 3 nitrogen and oxygen atoms in total. The molecule has 3 aromatic heterocycles. The Kier molecular flexibility index (Phi) is 7.40. The number of hydrogen-bond donors (Lipinski definition) is 0. The van der Waals surface area contributed by atoms with Crippen LogP contribution in [0.1, 0.15) is 0 Å². The van der Waals surface area contributed by atoms with Gasteiger partial charge in [-0.3, -0.25) is 0 Å². The molecule has 0 aliphatic rings. The standard InChI is InChI=1S/C54H34N2OS/c1-2-13-35(14-3-1)37-27-31-40(49(33-37)56-46-19-8-4-15-41(46)42-16-5-9-20-47(42)56)36-25-28-38(29-26-36)55(39-30-32-44-43-17-6-10-22-50(43)57-51(44)34-39)48-21-12-24-53-54(48)45-18-7-11-23-52(45)58-53/h1-34H. The van der Waals surface area contributed by atoms with E-state index < -0.39 is 0 Å². The summed E-state index contributed by atoms with van der Waals surface area (Å²) >= 11 is 1.84. The van der Waals surface area contributed by atoms with E-state index >= 15 is 0 Å². The number of thiophene rings is 1. The third-order valence-corrected chi connectivity index (χ3v) is 12.7. The van der Waals surface area contributed by atoms with E-state index in [1.165, 1.54) is 58.7 Å². The minimum absolute atomic E-state index is 0.872. The van der Waals surface area contributed by atoms with E-state index in [4.69, 9.17) is 4.42 Å². The predicted molar refractivity (Wildman–Crippen MR) is 247 cm³/mol. The highest BCUT2D eigenvalue weighted by Crippen LogP contribution is 2.46. The van der Waals surface area contributed by atoms with Gasteiger partial charge in [0.1, 0.15) is 11.2 Å². The van der Waals surface area contributed by atoms with Gasteiger partial charge in [0.25, 0.3) is 0 Å². The Morgan fingerprint density at radius 1 is 0.397 bits per heavy atom. The van der Waals surface area contributed by atoms with Crippen molar-refractivity contribution in [3.8, 4) is 27.9 Å². The van der Waals surface area contributed by atoms with E-state index in [1.807, 2.05) is 23.5 Å². The molecule has 4 heteroatoms. The number of fused-ring (bicyclic) bond motifs is 9. The maximum Gasteiger partial charge on any atom is 0.137 e. The minimum Gasteiger partial charge on any atom is -0.456 e. The van der Waals surface area contributed by atoms with E-state index in [0.29, 0.717) is 0 Å². The van der Waals surface area contributed by atoms with Crippen molar-refractivity contribution in [3.63, 3.8) is 0 Å². The molecule has 12 aromatic rings. The highest BCUT2D eigenvalue weighted by atomic mass is 32.1. The Balaban J connectivity index is 1.06. The fourth-order valence-corrected chi connectivity index (χ4v) is 10.1. The zero-order valence-corrected chi connectivity index (χ0v) is 32.2. The summed E-state index contributed by atoms with van der Waals surface area (Å²) in [4.78, 5) is 2.39. The predicted octanol–water partition coefficient (Wildman–Crippen LogP) is 15.9. The zero-order valence-electron chi connectivity index (χ0n) is 31.3. The number of para-hydroxylation sites is 3. The van der Waals surface area contributed by atoms with Crippen molar-refractivity contribution in [2.24, 2.45) is 0 Å². The lowest BCUT2D eigenvalue weighted by Crippen LogP contribution is -2.10. The molecule has 58 heavy (non-hydrogen) atoms. The largest absolute Gasteiger partial charge is 0.456 e. The third kappa shape index (κ3) is 5.12. The second kappa shape index (κ2) is 13.1. The van der Waals surface area contributed by atoms with E-state index in [-0.39, 0.29) is 0 Å². The number of benzene rings is 9. The highest BCUT2D eigenvalue weighted by Gasteiger charge is 2.21. The Bertz CT molecular complexity index is 3460. The first-order valence-corrected chi connectivity index (χ1v) is 20.5. The molecule has 0 saturated carbocycles. The molecule has 3 heterocycles. The average Bonchev–Trinajstić information content (AvgIpc) is 3.97. The second-order valence-electron chi connectivity index (χ2n) is 14.9. The fraction of sp³-hybridized carbons (Fsp3) is 0. The topological polar surface area (TPSA) is 21.3 Å². The van der Waals surface area contributed by atoms with Crippen molar-refractivity contribution in [3.05, 3.63) is 206 Å². The van der Waals surface area contributed by atoms with Crippen molar-refractivity contribution >= 4 is 92.3 Å². The van der Waals surface area contributed by atoms with Crippen molar-refractivity contribution in [2.45, 2.75) is 0 Å². The number of hydrogen-bond acceptors (Lipinski definition) is 3. The van der Waals surface area contributed by atoms with Gasteiger partial charge in [0.15, 0.2) is 0 Å². The van der Waals surface area contributed by atoms with E-state index in [2.05, 4.69) is 204 Å². The van der Waals surface area contributed by atoms with Gasteiger partial charge in [-0.2, -0.15) is 0 Å². The molecule has 9 aromatic carbocycles. The SMILES string of the molecule is c1ccc(-c2ccc(-c3ccc(N(c4ccc5c(c4)oc4ccccc45)c4cccc5sc6ccccc6c45)cc3)c(-n3c4ccccc4c4ccccc43)c2)cc1. The summed E-state index contributed by atoms with van der Waals surface area (Å²) in [5, 5.41) is 7.25. The maximum absolute atomic E-state index is 6.46. The van der Waals surface area contributed by atoms with Crippen LogP contribution < -0.4 is 4.90 Å². The molecule has 0 bridgehead atoms. The summed E-state index contributed by atoms with van der Waals surface area (Å²) < 4.78 is 11.4. The monoisotopic (exact) mass is 758 g/mol. The van der Waals surface area contributed by atoms with Gasteiger partial charge in [-0.15, -0.1) is 11.3 Å². The molecule has 0 saturated heterocycles. The fourth-order valence-electron chi connectivity index (χ4n) is 8.97. The van der Waals surface area contributed by atoms with Crippen molar-refractivity contribution in [1.82, 2.24) is 4.57 Å². The minimum atomic E-state index is 0.872. The molecule has 0 N–H and O–H groups in total. The Morgan fingerprint density at radius 2 is 1.02 bits per heavy atom. The summed E-state index contributed by atoms with van der Waals surface area (Å²) in [5.41, 5.74) is 13.2. The molecule has 0 aliphatic carbocycles. The molecular weight excluding hydrogens is 725 g/mol. The molecular formula is C54H34N2OS. The summed E-state index contributed by atoms with van der Waals surface area (Å²) in [5.74, 6) is 0. The molecule has 0 unspecified atom stereocenters. The highest BCUT2D eigenvalue weighted by molar-refractivity contribution is 7.26. The van der Waals surface area contributed by atoms with E-state index in [9.17, 15) is 0 Å². The molecule has 0 fully saturated rings. The number of furan rings is 1. The number of nitrogens with zero attached hydrogens (tertiary/aromatic N) is 2. The molecule has 0 radical (unpaired) electrons. The number of anilines is 3. The van der Waals surface area contributed by atoms with Crippen LogP contribution in [0.5, 0.6) is 0 Å². The van der Waals surface area contributed by atoms with Crippen LogP contribution in [0.25, 0.3) is 91.9 Å². The summed E-state index contributed by atoms with van der Waals surface area (Å²) in [7, 11) is 0. The van der Waals surface area contributed by atoms with Gasteiger partial charge in [0, 0.05) is 64.7 Å². The normalized spacial score (nSPS) is 11.8. The Hall–Kier alpha value is -7.40. The van der Waals surface area contributed by atoms with Gasteiger partial charge in [0.05, 0.1) is 22.4 Å². The molecule has 272 valence electrons. The van der Waals surface area contributed by atoms with Gasteiger partial charge >= 0.3 is 0 Å². The van der Waals surface area contributed by atoms with Crippen LogP contribution in [0.2, 0.25) is 0 Å². The number of rotatable bonds is 6. The van der Waals surface area contributed by atoms with Gasteiger partial charge in [-0.05, 0) is 83.4 Å². The van der Waals surface area contributed by atoms with Gasteiger partial charge in [-0.1, -0.05) is 133 Å². The molecule has 0 aliphatic heterocycles. The van der Waals surface area contributed by atoms with Crippen molar-refractivity contribution in [2.75, 3.05) is 4.90 Å². The summed E-state index contributed by atoms with van der Waals surface area (Å²) in [6.07, 6.45) is 0. The molecule has 0 amide bonds. The van der Waals surface area contributed by atoms with Gasteiger partial charge in [-0.25, -0.2) is 0 Å². The lowest BCUT2D eigenvalue weighted by atomic mass is 9.97. The lowest BCUT2D eigenvalue weighted by Gasteiger charge is -2.27. The van der Waals surface area contributed by atoms with Gasteiger partial charge in [0.2, 0.25) is 0 Å². The van der Waals surface area contributed by atoms with E-state index in [0.717, 1.165) is 50.3 Å². The van der Waals surface area contributed by atoms with E-state index in [1.54, 1.807) is 0 Å². The lowest BCUT2D eigenvalue weighted by molar-refractivity contribution is 0.669. The number of aromatic nitrogens is 1. The summed E-state index contributed by atoms with van der Waals surface area (Å²) in [6, 6.07) is 74.5. The smallest absolute Gasteiger partial charge is 0.137 e. The van der Waals surface area contributed by atoms with Crippen LogP contribution >= 0.6 is 11.3 Å². The first kappa shape index (κ1) is 32.8. The van der Waals surface area contributed by atoms with Crippen LogP contribution in [0.15, 0.2) is 211 Å². The summed E-state index contributed by atoms with van der Waals surface area (Å²) in [6.45, 7) is 0. The Morgan fingerprint density at radius 3 is 1.81 bits per heavy atom. The molecule has 0 atom stereocenters. The second-order valence-corrected chi connectivity index (χ2v) is 16.0. The third-order valence-electron chi connectivity index (χ3n) is 11.6. The zero-order chi connectivity index (χ0) is 38.2. The maximum atomic E-state index is 6.46.